The molecule has 0 saturated heterocycles. The minimum atomic E-state index is 0.694. The van der Waals surface area contributed by atoms with Gasteiger partial charge in [0.15, 0.2) is 0 Å². The molecular formula is C13H18N6. The molecule has 6 heteroatoms. The van der Waals surface area contributed by atoms with Crippen LogP contribution in [0.2, 0.25) is 0 Å². The fraction of sp³-hybridized carbons (Fsp3) is 0.462. The van der Waals surface area contributed by atoms with E-state index in [4.69, 9.17) is 5.73 Å². The highest BCUT2D eigenvalue weighted by molar-refractivity contribution is 5.46. The summed E-state index contributed by atoms with van der Waals surface area (Å²) in [4.78, 5) is 8.72. The van der Waals surface area contributed by atoms with Crippen molar-refractivity contribution in [1.82, 2.24) is 19.7 Å². The van der Waals surface area contributed by atoms with Crippen molar-refractivity contribution < 1.29 is 0 Å². The molecule has 100 valence electrons. The lowest BCUT2D eigenvalue weighted by Crippen LogP contribution is -2.16. The first-order valence-electron chi connectivity index (χ1n) is 6.67. The SMILES string of the molecule is Nc1cnn(CCNc2ncnc3c2CCCC3)c1. The zero-order chi connectivity index (χ0) is 13.1. The molecule has 0 aromatic carbocycles. The number of nitrogen functional groups attached to an aromatic ring is 1. The van der Waals surface area contributed by atoms with Gasteiger partial charge in [0.25, 0.3) is 0 Å². The molecule has 0 fully saturated rings. The third kappa shape index (κ3) is 2.67. The van der Waals surface area contributed by atoms with Gasteiger partial charge >= 0.3 is 0 Å². The average Bonchev–Trinajstić information content (AvgIpc) is 2.85. The van der Waals surface area contributed by atoms with Crippen LogP contribution < -0.4 is 11.1 Å². The van der Waals surface area contributed by atoms with Crippen LogP contribution in [0.15, 0.2) is 18.7 Å². The van der Waals surface area contributed by atoms with Crippen molar-refractivity contribution in [2.45, 2.75) is 32.2 Å². The van der Waals surface area contributed by atoms with E-state index < -0.39 is 0 Å². The second kappa shape index (κ2) is 5.26. The lowest BCUT2D eigenvalue weighted by Gasteiger charge is -2.17. The van der Waals surface area contributed by atoms with Gasteiger partial charge in [-0.1, -0.05) is 0 Å². The van der Waals surface area contributed by atoms with Crippen LogP contribution in [0, 0.1) is 0 Å². The Balaban J connectivity index is 1.64. The molecule has 0 aliphatic heterocycles. The molecule has 19 heavy (non-hydrogen) atoms. The highest BCUT2D eigenvalue weighted by Crippen LogP contribution is 2.24. The number of hydrogen-bond acceptors (Lipinski definition) is 5. The quantitative estimate of drug-likeness (QED) is 0.862. The molecule has 0 atom stereocenters. The second-order valence-electron chi connectivity index (χ2n) is 4.82. The van der Waals surface area contributed by atoms with E-state index in [1.165, 1.54) is 24.1 Å². The normalized spacial score (nSPS) is 14.1. The number of nitrogens with zero attached hydrogens (tertiary/aromatic N) is 4. The third-order valence-corrected chi connectivity index (χ3v) is 3.41. The molecule has 0 saturated carbocycles. The van der Waals surface area contributed by atoms with Gasteiger partial charge in [-0.15, -0.1) is 0 Å². The van der Waals surface area contributed by atoms with E-state index >= 15 is 0 Å². The molecule has 3 rings (SSSR count). The van der Waals surface area contributed by atoms with Crippen LogP contribution in [-0.2, 0) is 19.4 Å². The number of nitrogens with one attached hydrogen (secondary N) is 1. The van der Waals surface area contributed by atoms with Gasteiger partial charge in [0, 0.05) is 24.0 Å². The predicted molar refractivity (Wildman–Crippen MR) is 73.8 cm³/mol. The summed E-state index contributed by atoms with van der Waals surface area (Å²) in [7, 11) is 0. The Kier molecular flexibility index (Phi) is 3.31. The second-order valence-corrected chi connectivity index (χ2v) is 4.82. The van der Waals surface area contributed by atoms with Crippen LogP contribution in [0.1, 0.15) is 24.1 Å². The number of hydrogen-bond donors (Lipinski definition) is 2. The zero-order valence-corrected chi connectivity index (χ0v) is 10.8. The van der Waals surface area contributed by atoms with Crippen LogP contribution >= 0.6 is 0 Å². The van der Waals surface area contributed by atoms with E-state index in [-0.39, 0.29) is 0 Å². The van der Waals surface area contributed by atoms with E-state index in [2.05, 4.69) is 20.4 Å². The van der Waals surface area contributed by atoms with Crippen molar-refractivity contribution in [3.63, 3.8) is 0 Å². The Labute approximate surface area is 112 Å². The van der Waals surface area contributed by atoms with Crippen molar-refractivity contribution in [3.05, 3.63) is 30.0 Å². The molecule has 1 aliphatic rings. The van der Waals surface area contributed by atoms with Gasteiger partial charge in [0.2, 0.25) is 0 Å². The van der Waals surface area contributed by atoms with Crippen molar-refractivity contribution in [2.75, 3.05) is 17.6 Å². The first-order chi connectivity index (χ1) is 9.33. The molecule has 6 nitrogen and oxygen atoms in total. The molecule has 0 unspecified atom stereocenters. The maximum absolute atomic E-state index is 5.63. The number of nitrogens with two attached hydrogens (primary N) is 1. The fourth-order valence-corrected chi connectivity index (χ4v) is 2.46. The smallest absolute Gasteiger partial charge is 0.132 e. The summed E-state index contributed by atoms with van der Waals surface area (Å²) in [6.45, 7) is 1.56. The molecule has 3 N–H and O–H groups in total. The predicted octanol–water partition coefficient (Wildman–Crippen LogP) is 1.25. The minimum absolute atomic E-state index is 0.694. The van der Waals surface area contributed by atoms with Gasteiger partial charge in [-0.2, -0.15) is 5.10 Å². The van der Waals surface area contributed by atoms with Crippen LogP contribution in [-0.4, -0.2) is 26.3 Å². The first kappa shape index (κ1) is 12.0. The summed E-state index contributed by atoms with van der Waals surface area (Å²) in [5, 5.41) is 7.53. The van der Waals surface area contributed by atoms with Crippen LogP contribution in [0.3, 0.4) is 0 Å². The summed E-state index contributed by atoms with van der Waals surface area (Å²) in [5.74, 6) is 0.977. The Morgan fingerprint density at radius 3 is 3.00 bits per heavy atom. The van der Waals surface area contributed by atoms with E-state index in [9.17, 15) is 0 Å². The molecule has 2 heterocycles. The highest BCUT2D eigenvalue weighted by Gasteiger charge is 2.14. The maximum atomic E-state index is 5.63. The summed E-state index contributed by atoms with van der Waals surface area (Å²) in [6, 6.07) is 0. The highest BCUT2D eigenvalue weighted by atomic mass is 15.3. The molecule has 0 radical (unpaired) electrons. The van der Waals surface area contributed by atoms with Crippen LogP contribution in [0.5, 0.6) is 0 Å². The van der Waals surface area contributed by atoms with E-state index in [0.717, 1.165) is 31.7 Å². The Hall–Kier alpha value is -2.11. The largest absolute Gasteiger partial charge is 0.396 e. The van der Waals surface area contributed by atoms with Crippen molar-refractivity contribution in [2.24, 2.45) is 0 Å². The van der Waals surface area contributed by atoms with Crippen LogP contribution in [0.4, 0.5) is 11.5 Å². The van der Waals surface area contributed by atoms with Gasteiger partial charge in [-0.05, 0) is 25.7 Å². The van der Waals surface area contributed by atoms with Gasteiger partial charge < -0.3 is 11.1 Å². The van der Waals surface area contributed by atoms with Gasteiger partial charge in [-0.25, -0.2) is 9.97 Å². The monoisotopic (exact) mass is 258 g/mol. The zero-order valence-electron chi connectivity index (χ0n) is 10.8. The Morgan fingerprint density at radius 1 is 1.26 bits per heavy atom. The lowest BCUT2D eigenvalue weighted by molar-refractivity contribution is 0.632. The number of aryl methyl sites for hydroxylation is 1. The summed E-state index contributed by atoms with van der Waals surface area (Å²) < 4.78 is 1.83. The van der Waals surface area contributed by atoms with E-state index in [0.29, 0.717) is 5.69 Å². The summed E-state index contributed by atoms with van der Waals surface area (Å²) in [6.07, 6.45) is 9.75. The van der Waals surface area contributed by atoms with E-state index in [1.54, 1.807) is 12.5 Å². The molecular weight excluding hydrogens is 240 g/mol. The Morgan fingerprint density at radius 2 is 2.16 bits per heavy atom. The van der Waals surface area contributed by atoms with Crippen molar-refractivity contribution in [3.8, 4) is 0 Å². The number of rotatable bonds is 4. The van der Waals surface area contributed by atoms with E-state index in [1.807, 2.05) is 10.9 Å². The van der Waals surface area contributed by atoms with Gasteiger partial charge in [-0.3, -0.25) is 4.68 Å². The topological polar surface area (TPSA) is 81.6 Å². The molecule has 2 aromatic heterocycles. The Bertz CT molecular complexity index is 562. The molecule has 1 aliphatic carbocycles. The third-order valence-electron chi connectivity index (χ3n) is 3.41. The standard InChI is InChI=1S/C13H18N6/c14-10-7-18-19(8-10)6-5-15-13-11-3-1-2-4-12(11)16-9-17-13/h7-9H,1-6,14H2,(H,15,16,17). The number of fused-ring (bicyclic) bond motifs is 1. The van der Waals surface area contributed by atoms with Crippen LogP contribution in [0.25, 0.3) is 0 Å². The molecule has 0 spiro atoms. The fourth-order valence-electron chi connectivity index (χ4n) is 2.46. The molecule has 2 aromatic rings. The number of anilines is 2. The first-order valence-corrected chi connectivity index (χ1v) is 6.67. The average molecular weight is 258 g/mol. The summed E-state index contributed by atoms with van der Waals surface area (Å²) in [5.41, 5.74) is 8.81. The van der Waals surface area contributed by atoms with Gasteiger partial charge in [0.1, 0.15) is 12.1 Å². The molecule has 0 amide bonds. The van der Waals surface area contributed by atoms with Gasteiger partial charge in [0.05, 0.1) is 18.4 Å². The number of aromatic nitrogens is 4. The minimum Gasteiger partial charge on any atom is -0.396 e. The van der Waals surface area contributed by atoms with Crippen molar-refractivity contribution in [1.29, 1.82) is 0 Å². The maximum Gasteiger partial charge on any atom is 0.132 e. The lowest BCUT2D eigenvalue weighted by atomic mass is 9.96. The molecule has 0 bridgehead atoms. The summed E-state index contributed by atoms with van der Waals surface area (Å²) >= 11 is 0. The van der Waals surface area contributed by atoms with Crippen molar-refractivity contribution >= 4 is 11.5 Å².